The number of thioether (sulfide) groups is 1. The third-order valence-electron chi connectivity index (χ3n) is 7.57. The van der Waals surface area contributed by atoms with Gasteiger partial charge in [0.1, 0.15) is 22.5 Å². The summed E-state index contributed by atoms with van der Waals surface area (Å²) in [7, 11) is 0. The van der Waals surface area contributed by atoms with Crippen molar-refractivity contribution in [2.45, 2.75) is 24.4 Å². The molecule has 6 rings (SSSR count). The largest absolute Gasteiger partial charge is 0.465 e. The van der Waals surface area contributed by atoms with Gasteiger partial charge in [0.15, 0.2) is 0 Å². The van der Waals surface area contributed by atoms with Crippen LogP contribution in [0.3, 0.4) is 0 Å². The Morgan fingerprint density at radius 1 is 0.958 bits per heavy atom. The SMILES string of the molecule is N#Cc1c(NC(=O)CSc2cccc(NC(=O)/C(=C/c3ccco3)NC(=O)c3ccccc3)c2)sc2c1CCN(Cc1ccccc1)C2. The maximum atomic E-state index is 13.3. The first-order chi connectivity index (χ1) is 23.4. The summed E-state index contributed by atoms with van der Waals surface area (Å²) in [5.41, 5.74) is 3.72. The fourth-order valence-electron chi connectivity index (χ4n) is 5.27. The van der Waals surface area contributed by atoms with Crippen LogP contribution in [0.5, 0.6) is 0 Å². The zero-order chi connectivity index (χ0) is 33.3. The normalized spacial score (nSPS) is 12.9. The van der Waals surface area contributed by atoms with Crippen LogP contribution in [-0.4, -0.2) is 34.9 Å². The molecule has 0 saturated heterocycles. The van der Waals surface area contributed by atoms with E-state index >= 15 is 0 Å². The van der Waals surface area contributed by atoms with Crippen molar-refractivity contribution in [2.24, 2.45) is 0 Å². The number of hydrogen-bond donors (Lipinski definition) is 3. The number of rotatable bonds is 11. The van der Waals surface area contributed by atoms with Crippen LogP contribution in [0.25, 0.3) is 6.08 Å². The number of carbonyl (C=O) groups excluding carboxylic acids is 3. The fourth-order valence-corrected chi connectivity index (χ4v) is 7.28. The number of thiophene rings is 1. The van der Waals surface area contributed by atoms with Crippen LogP contribution in [0.4, 0.5) is 10.7 Å². The van der Waals surface area contributed by atoms with Crippen molar-refractivity contribution >= 4 is 57.6 Å². The van der Waals surface area contributed by atoms with Crippen LogP contribution in [0, 0.1) is 11.3 Å². The lowest BCUT2D eigenvalue weighted by Crippen LogP contribution is -2.30. The molecule has 0 atom stereocenters. The predicted molar refractivity (Wildman–Crippen MR) is 188 cm³/mol. The van der Waals surface area contributed by atoms with E-state index < -0.39 is 11.8 Å². The van der Waals surface area contributed by atoms with Crippen LogP contribution < -0.4 is 16.0 Å². The van der Waals surface area contributed by atoms with Gasteiger partial charge in [-0.1, -0.05) is 54.6 Å². The minimum absolute atomic E-state index is 0.00589. The number of nitriles is 1. The molecule has 3 heterocycles. The van der Waals surface area contributed by atoms with Gasteiger partial charge in [0.2, 0.25) is 5.91 Å². The Morgan fingerprint density at radius 2 is 1.75 bits per heavy atom. The number of carbonyl (C=O) groups is 3. The second-order valence-electron chi connectivity index (χ2n) is 11.0. The van der Waals surface area contributed by atoms with E-state index in [1.807, 2.05) is 24.3 Å². The highest BCUT2D eigenvalue weighted by Crippen LogP contribution is 2.37. The number of hydrogen-bond acceptors (Lipinski definition) is 8. The molecule has 3 N–H and O–H groups in total. The van der Waals surface area contributed by atoms with Gasteiger partial charge in [-0.3, -0.25) is 19.3 Å². The standard InChI is InChI=1S/C37H31N5O4S2/c38-21-31-30-16-17-42(22-25-9-3-1-4-10-25)23-33(30)48-37(31)41-34(43)24-47-29-15-7-13-27(19-29)39-36(45)32(20-28-14-8-18-46-28)40-35(44)26-11-5-2-6-12-26/h1-15,18-20H,16-17,22-24H2,(H,39,45)(H,40,44)(H,41,43)/b32-20-. The second kappa shape index (κ2) is 15.5. The highest BCUT2D eigenvalue weighted by molar-refractivity contribution is 8.00. The van der Waals surface area contributed by atoms with Gasteiger partial charge in [-0.15, -0.1) is 23.1 Å². The molecular weight excluding hydrogens is 643 g/mol. The predicted octanol–water partition coefficient (Wildman–Crippen LogP) is 6.91. The molecule has 0 bridgehead atoms. The smallest absolute Gasteiger partial charge is 0.272 e. The lowest BCUT2D eigenvalue weighted by molar-refractivity contribution is -0.114. The lowest BCUT2D eigenvalue weighted by atomic mass is 10.0. The van der Waals surface area contributed by atoms with Gasteiger partial charge >= 0.3 is 0 Å². The van der Waals surface area contributed by atoms with Crippen LogP contribution in [0.15, 0.2) is 118 Å². The van der Waals surface area contributed by atoms with E-state index in [0.29, 0.717) is 27.6 Å². The molecule has 3 amide bonds. The molecule has 0 aliphatic carbocycles. The van der Waals surface area contributed by atoms with Gasteiger partial charge < -0.3 is 20.4 Å². The van der Waals surface area contributed by atoms with E-state index in [1.165, 1.54) is 41.0 Å². The third-order valence-corrected chi connectivity index (χ3v) is 9.70. The average Bonchev–Trinajstić information content (AvgIpc) is 3.75. The molecule has 1 aliphatic rings. The van der Waals surface area contributed by atoms with E-state index in [2.05, 4.69) is 39.1 Å². The van der Waals surface area contributed by atoms with Crippen molar-refractivity contribution in [1.29, 1.82) is 5.26 Å². The molecule has 0 unspecified atom stereocenters. The summed E-state index contributed by atoms with van der Waals surface area (Å²) in [4.78, 5) is 43.4. The molecule has 0 spiro atoms. The first-order valence-electron chi connectivity index (χ1n) is 15.2. The van der Waals surface area contributed by atoms with Crippen LogP contribution in [0.1, 0.15) is 37.7 Å². The van der Waals surface area contributed by atoms with Crippen molar-refractivity contribution in [3.8, 4) is 6.07 Å². The highest BCUT2D eigenvalue weighted by atomic mass is 32.2. The quantitative estimate of drug-likeness (QED) is 0.103. The maximum Gasteiger partial charge on any atom is 0.272 e. The third kappa shape index (κ3) is 8.29. The molecule has 0 radical (unpaired) electrons. The van der Waals surface area contributed by atoms with E-state index in [-0.39, 0.29) is 17.4 Å². The van der Waals surface area contributed by atoms with E-state index in [1.54, 1.807) is 60.7 Å². The van der Waals surface area contributed by atoms with E-state index in [4.69, 9.17) is 4.42 Å². The minimum Gasteiger partial charge on any atom is -0.465 e. The Bertz CT molecular complexity index is 1980. The molecule has 2 aromatic heterocycles. The second-order valence-corrected chi connectivity index (χ2v) is 13.1. The maximum absolute atomic E-state index is 13.3. The van der Waals surface area contributed by atoms with Crippen molar-refractivity contribution in [3.63, 3.8) is 0 Å². The molecule has 48 heavy (non-hydrogen) atoms. The van der Waals surface area contributed by atoms with E-state index in [9.17, 15) is 19.6 Å². The average molecular weight is 674 g/mol. The number of nitrogens with zero attached hydrogens (tertiary/aromatic N) is 2. The van der Waals surface area contributed by atoms with Crippen molar-refractivity contribution < 1.29 is 18.8 Å². The van der Waals surface area contributed by atoms with Crippen LogP contribution in [0.2, 0.25) is 0 Å². The molecule has 5 aromatic rings. The fraction of sp³-hybridized carbons (Fsp3) is 0.135. The molecular formula is C37H31N5O4S2. The summed E-state index contributed by atoms with van der Waals surface area (Å²) < 4.78 is 5.36. The van der Waals surface area contributed by atoms with Gasteiger partial charge in [0.25, 0.3) is 11.8 Å². The van der Waals surface area contributed by atoms with Gasteiger partial charge in [0, 0.05) is 46.7 Å². The van der Waals surface area contributed by atoms with Crippen molar-refractivity contribution in [2.75, 3.05) is 22.9 Å². The highest BCUT2D eigenvalue weighted by Gasteiger charge is 2.25. The topological polar surface area (TPSA) is 127 Å². The zero-order valence-electron chi connectivity index (χ0n) is 25.8. The first-order valence-corrected chi connectivity index (χ1v) is 17.0. The number of amides is 3. The number of anilines is 2. The van der Waals surface area contributed by atoms with Gasteiger partial charge in [-0.2, -0.15) is 5.26 Å². The summed E-state index contributed by atoms with van der Waals surface area (Å²) in [6.45, 7) is 2.42. The van der Waals surface area contributed by atoms with E-state index in [0.717, 1.165) is 41.4 Å². The number of furan rings is 1. The van der Waals surface area contributed by atoms with Gasteiger partial charge in [0.05, 0.1) is 17.6 Å². The summed E-state index contributed by atoms with van der Waals surface area (Å²) in [5, 5.41) is 19.0. The summed E-state index contributed by atoms with van der Waals surface area (Å²) in [5.74, 6) is -0.683. The Hall–Kier alpha value is -5.41. The number of nitrogens with one attached hydrogen (secondary N) is 3. The monoisotopic (exact) mass is 673 g/mol. The summed E-state index contributed by atoms with van der Waals surface area (Å²) in [6, 6.07) is 31.7. The van der Waals surface area contributed by atoms with Crippen molar-refractivity contribution in [3.05, 3.63) is 142 Å². The Morgan fingerprint density at radius 3 is 2.50 bits per heavy atom. The Balaban J connectivity index is 1.07. The molecule has 9 nitrogen and oxygen atoms in total. The number of benzene rings is 3. The van der Waals surface area contributed by atoms with Crippen molar-refractivity contribution in [1.82, 2.24) is 10.2 Å². The zero-order valence-corrected chi connectivity index (χ0v) is 27.4. The molecule has 1 aliphatic heterocycles. The lowest BCUT2D eigenvalue weighted by Gasteiger charge is -2.26. The molecule has 0 fully saturated rings. The minimum atomic E-state index is -0.538. The molecule has 240 valence electrons. The summed E-state index contributed by atoms with van der Waals surface area (Å²) >= 11 is 2.78. The Kier molecular flexibility index (Phi) is 10.5. The summed E-state index contributed by atoms with van der Waals surface area (Å²) in [6.07, 6.45) is 3.70. The molecule has 11 heteroatoms. The van der Waals surface area contributed by atoms with Crippen LogP contribution >= 0.6 is 23.1 Å². The molecule has 3 aromatic carbocycles. The number of fused-ring (bicyclic) bond motifs is 1. The molecule has 0 saturated carbocycles. The van der Waals surface area contributed by atoms with Gasteiger partial charge in [-0.05, 0) is 60.0 Å². The Labute approximate surface area is 286 Å². The van der Waals surface area contributed by atoms with Gasteiger partial charge in [-0.25, -0.2) is 0 Å². The van der Waals surface area contributed by atoms with Crippen LogP contribution in [-0.2, 0) is 29.1 Å². The first kappa shape index (κ1) is 32.5.